The summed E-state index contributed by atoms with van der Waals surface area (Å²) in [7, 11) is -3.42. The molecule has 25 heavy (non-hydrogen) atoms. The van der Waals surface area contributed by atoms with Crippen molar-refractivity contribution in [3.05, 3.63) is 66.4 Å². The van der Waals surface area contributed by atoms with Crippen LogP contribution in [0.2, 0.25) is 0 Å². The van der Waals surface area contributed by atoms with E-state index in [2.05, 4.69) is 22.0 Å². The summed E-state index contributed by atoms with van der Waals surface area (Å²) in [5.74, 6) is 0. The number of piperazine rings is 1. The van der Waals surface area contributed by atoms with Gasteiger partial charge < -0.3 is 9.88 Å². The molecule has 2 heterocycles. The van der Waals surface area contributed by atoms with Gasteiger partial charge in [0.15, 0.2) is 0 Å². The molecule has 6 heteroatoms. The van der Waals surface area contributed by atoms with Gasteiger partial charge in [0.25, 0.3) is 0 Å². The van der Waals surface area contributed by atoms with Crippen molar-refractivity contribution in [2.24, 2.45) is 0 Å². The Morgan fingerprint density at radius 3 is 2.48 bits per heavy atom. The zero-order valence-electron chi connectivity index (χ0n) is 13.9. The first-order chi connectivity index (χ1) is 12.1. The fraction of sp³-hybridized carbons (Fsp3) is 0.263. The second-order valence-corrected chi connectivity index (χ2v) is 8.24. The second kappa shape index (κ2) is 6.63. The number of benzene rings is 2. The molecule has 1 aromatic heterocycles. The van der Waals surface area contributed by atoms with Crippen LogP contribution in [0.15, 0.2) is 65.7 Å². The van der Waals surface area contributed by atoms with E-state index in [1.807, 2.05) is 36.5 Å². The molecule has 1 N–H and O–H groups in total. The standard InChI is InChI=1S/C19H21N3O2S/c23-25(24,22-12-9-20-10-13-22)18-6-7-19-17(14-18)8-11-21(19)15-16-4-2-1-3-5-16/h1-8,11,14,20H,9-10,12-13,15H2. The number of hydrogen-bond acceptors (Lipinski definition) is 3. The lowest BCUT2D eigenvalue weighted by molar-refractivity contribution is 0.360. The maximum Gasteiger partial charge on any atom is 0.243 e. The number of nitrogens with zero attached hydrogens (tertiary/aromatic N) is 2. The van der Waals surface area contributed by atoms with Crippen LogP contribution in [0.3, 0.4) is 0 Å². The monoisotopic (exact) mass is 355 g/mol. The van der Waals surface area contributed by atoms with Gasteiger partial charge >= 0.3 is 0 Å². The van der Waals surface area contributed by atoms with Gasteiger partial charge in [-0.3, -0.25) is 0 Å². The quantitative estimate of drug-likeness (QED) is 0.781. The molecule has 2 aromatic carbocycles. The largest absolute Gasteiger partial charge is 0.343 e. The zero-order chi connectivity index (χ0) is 17.3. The molecule has 0 bridgehead atoms. The molecule has 5 nitrogen and oxygen atoms in total. The zero-order valence-corrected chi connectivity index (χ0v) is 14.7. The van der Waals surface area contributed by atoms with E-state index in [4.69, 9.17) is 0 Å². The minimum Gasteiger partial charge on any atom is -0.343 e. The number of rotatable bonds is 4. The number of hydrogen-bond donors (Lipinski definition) is 1. The average Bonchev–Trinajstić information content (AvgIpc) is 3.05. The third kappa shape index (κ3) is 3.20. The van der Waals surface area contributed by atoms with Crippen molar-refractivity contribution in [2.75, 3.05) is 26.2 Å². The predicted molar refractivity (Wildman–Crippen MR) is 99.1 cm³/mol. The van der Waals surface area contributed by atoms with E-state index in [0.717, 1.165) is 17.4 Å². The summed E-state index contributed by atoms with van der Waals surface area (Å²) >= 11 is 0. The molecule has 0 atom stereocenters. The molecule has 1 saturated heterocycles. The fourth-order valence-electron chi connectivity index (χ4n) is 3.29. The van der Waals surface area contributed by atoms with Gasteiger partial charge in [-0.05, 0) is 29.8 Å². The molecular weight excluding hydrogens is 334 g/mol. The molecular formula is C19H21N3O2S. The maximum atomic E-state index is 12.8. The lowest BCUT2D eigenvalue weighted by atomic mass is 10.2. The molecule has 0 saturated carbocycles. The van der Waals surface area contributed by atoms with Gasteiger partial charge in [0.2, 0.25) is 10.0 Å². The highest BCUT2D eigenvalue weighted by Crippen LogP contribution is 2.24. The summed E-state index contributed by atoms with van der Waals surface area (Å²) in [4.78, 5) is 0.374. The Bertz CT molecular complexity index is 974. The van der Waals surface area contributed by atoms with E-state index >= 15 is 0 Å². The van der Waals surface area contributed by atoms with E-state index in [1.54, 1.807) is 16.4 Å². The average molecular weight is 355 g/mol. The van der Waals surface area contributed by atoms with E-state index in [-0.39, 0.29) is 0 Å². The first-order valence-electron chi connectivity index (χ1n) is 8.48. The van der Waals surface area contributed by atoms with Gasteiger partial charge in [-0.2, -0.15) is 4.31 Å². The van der Waals surface area contributed by atoms with E-state index in [0.29, 0.717) is 31.1 Å². The fourth-order valence-corrected chi connectivity index (χ4v) is 4.77. The van der Waals surface area contributed by atoms with Crippen molar-refractivity contribution in [3.8, 4) is 0 Å². The normalized spacial score (nSPS) is 16.3. The molecule has 4 rings (SSSR count). The molecule has 0 amide bonds. The Morgan fingerprint density at radius 2 is 1.72 bits per heavy atom. The third-order valence-electron chi connectivity index (χ3n) is 4.65. The van der Waals surface area contributed by atoms with Crippen LogP contribution in [0, 0.1) is 0 Å². The summed E-state index contributed by atoms with van der Waals surface area (Å²) in [5.41, 5.74) is 2.26. The first-order valence-corrected chi connectivity index (χ1v) is 9.92. The minimum atomic E-state index is -3.42. The first kappa shape index (κ1) is 16.3. The van der Waals surface area contributed by atoms with Gasteiger partial charge in [0.05, 0.1) is 4.90 Å². The van der Waals surface area contributed by atoms with Gasteiger partial charge in [0.1, 0.15) is 0 Å². The highest BCUT2D eigenvalue weighted by Gasteiger charge is 2.26. The summed E-state index contributed by atoms with van der Waals surface area (Å²) < 4.78 is 29.3. The number of aromatic nitrogens is 1. The van der Waals surface area contributed by atoms with Crippen molar-refractivity contribution in [1.29, 1.82) is 0 Å². The highest BCUT2D eigenvalue weighted by atomic mass is 32.2. The molecule has 0 spiro atoms. The maximum absolute atomic E-state index is 12.8. The van der Waals surface area contributed by atoms with Crippen LogP contribution in [0.1, 0.15) is 5.56 Å². The molecule has 0 radical (unpaired) electrons. The molecule has 0 aliphatic carbocycles. The molecule has 0 unspecified atom stereocenters. The van der Waals surface area contributed by atoms with Crippen molar-refractivity contribution in [2.45, 2.75) is 11.4 Å². The molecule has 1 fully saturated rings. The Morgan fingerprint density at radius 1 is 0.960 bits per heavy atom. The third-order valence-corrected chi connectivity index (χ3v) is 6.55. The van der Waals surface area contributed by atoms with Crippen LogP contribution in [0.4, 0.5) is 0 Å². The molecule has 3 aromatic rings. The van der Waals surface area contributed by atoms with E-state index in [1.165, 1.54) is 5.56 Å². The van der Waals surface area contributed by atoms with Gasteiger partial charge in [-0.25, -0.2) is 8.42 Å². The van der Waals surface area contributed by atoms with E-state index < -0.39 is 10.0 Å². The van der Waals surface area contributed by atoms with Crippen molar-refractivity contribution in [3.63, 3.8) is 0 Å². The summed E-state index contributed by atoms with van der Waals surface area (Å²) in [6.45, 7) is 3.23. The van der Waals surface area contributed by atoms with Crippen LogP contribution in [0.25, 0.3) is 10.9 Å². The van der Waals surface area contributed by atoms with Gasteiger partial charge in [0, 0.05) is 49.8 Å². The molecule has 1 aliphatic heterocycles. The highest BCUT2D eigenvalue weighted by molar-refractivity contribution is 7.89. The Labute approximate surface area is 147 Å². The topological polar surface area (TPSA) is 54.3 Å². The molecule has 1 aliphatic rings. The summed E-state index contributed by atoms with van der Waals surface area (Å²) in [6.07, 6.45) is 2.01. The Hall–Kier alpha value is -2.15. The van der Waals surface area contributed by atoms with Crippen LogP contribution in [0.5, 0.6) is 0 Å². The predicted octanol–water partition coefficient (Wildman–Crippen LogP) is 2.28. The van der Waals surface area contributed by atoms with Crippen molar-refractivity contribution < 1.29 is 8.42 Å². The van der Waals surface area contributed by atoms with Crippen LogP contribution in [-0.2, 0) is 16.6 Å². The SMILES string of the molecule is O=S(=O)(c1ccc2c(ccn2Cc2ccccc2)c1)N1CCNCC1. The van der Waals surface area contributed by atoms with Crippen molar-refractivity contribution in [1.82, 2.24) is 14.2 Å². The second-order valence-electron chi connectivity index (χ2n) is 6.30. The van der Waals surface area contributed by atoms with Crippen LogP contribution >= 0.6 is 0 Å². The Balaban J connectivity index is 1.65. The summed E-state index contributed by atoms with van der Waals surface area (Å²) in [5, 5.41) is 4.14. The number of sulfonamides is 1. The summed E-state index contributed by atoms with van der Waals surface area (Å²) in [6, 6.07) is 17.6. The van der Waals surface area contributed by atoms with Gasteiger partial charge in [-0.1, -0.05) is 30.3 Å². The van der Waals surface area contributed by atoms with Crippen molar-refractivity contribution >= 4 is 20.9 Å². The number of nitrogens with one attached hydrogen (secondary N) is 1. The van der Waals surface area contributed by atoms with Gasteiger partial charge in [-0.15, -0.1) is 0 Å². The molecule has 130 valence electrons. The van der Waals surface area contributed by atoms with Crippen LogP contribution in [-0.4, -0.2) is 43.5 Å². The minimum absolute atomic E-state index is 0.374. The Kier molecular flexibility index (Phi) is 4.33. The van der Waals surface area contributed by atoms with E-state index in [9.17, 15) is 8.42 Å². The lowest BCUT2D eigenvalue weighted by Crippen LogP contribution is -2.46. The smallest absolute Gasteiger partial charge is 0.243 e. The lowest BCUT2D eigenvalue weighted by Gasteiger charge is -2.26. The number of fused-ring (bicyclic) bond motifs is 1. The van der Waals surface area contributed by atoms with Crippen LogP contribution < -0.4 is 5.32 Å².